The zero-order valence-corrected chi connectivity index (χ0v) is 16.0. The van der Waals surface area contributed by atoms with Crippen molar-refractivity contribution in [1.82, 2.24) is 4.98 Å². The van der Waals surface area contributed by atoms with Crippen molar-refractivity contribution in [2.75, 3.05) is 5.32 Å². The molecule has 2 aromatic carbocycles. The summed E-state index contributed by atoms with van der Waals surface area (Å²) < 4.78 is 67.3. The van der Waals surface area contributed by atoms with Gasteiger partial charge in [0.05, 0.1) is 0 Å². The summed E-state index contributed by atoms with van der Waals surface area (Å²) in [5.41, 5.74) is 1.15. The number of nitrogens with zero attached hydrogens (tertiary/aromatic N) is 1. The lowest BCUT2D eigenvalue weighted by Gasteiger charge is -2.06. The number of carbonyl (C=O) groups is 1. The minimum absolute atomic E-state index is 0.179. The van der Waals surface area contributed by atoms with Crippen molar-refractivity contribution in [2.24, 2.45) is 0 Å². The smallest absolute Gasteiger partial charge is 0.226 e. The summed E-state index contributed by atoms with van der Waals surface area (Å²) in [4.78, 5) is 16.2. The number of nitrogens with one attached hydrogen (secondary N) is 1. The van der Waals surface area contributed by atoms with Crippen LogP contribution in [-0.4, -0.2) is 10.9 Å². The summed E-state index contributed by atoms with van der Waals surface area (Å²) in [5.74, 6) is -10.2. The van der Waals surface area contributed by atoms with Crippen LogP contribution in [0, 0.1) is 36.0 Å². The fourth-order valence-corrected chi connectivity index (χ4v) is 3.57. The average Bonchev–Trinajstić information content (AvgIpc) is 3.13. The van der Waals surface area contributed by atoms with Crippen LogP contribution in [0.15, 0.2) is 30.5 Å². The van der Waals surface area contributed by atoms with Crippen molar-refractivity contribution >= 4 is 22.4 Å². The van der Waals surface area contributed by atoms with Gasteiger partial charge in [-0.15, -0.1) is 11.3 Å². The highest BCUT2D eigenvalue weighted by molar-refractivity contribution is 7.15. The third-order valence-corrected chi connectivity index (χ3v) is 5.09. The molecule has 1 N–H and O–H groups in total. The lowest BCUT2D eigenvalue weighted by Crippen LogP contribution is -2.12. The van der Waals surface area contributed by atoms with Gasteiger partial charge in [-0.25, -0.2) is 26.9 Å². The Hall–Kier alpha value is -2.81. The van der Waals surface area contributed by atoms with Crippen LogP contribution in [0.4, 0.5) is 27.1 Å². The van der Waals surface area contributed by atoms with Gasteiger partial charge >= 0.3 is 0 Å². The number of halogens is 5. The molecule has 9 heteroatoms. The van der Waals surface area contributed by atoms with Crippen LogP contribution < -0.4 is 5.32 Å². The molecule has 29 heavy (non-hydrogen) atoms. The summed E-state index contributed by atoms with van der Waals surface area (Å²) >= 11 is 0.898. The minimum Gasteiger partial charge on any atom is -0.302 e. The van der Waals surface area contributed by atoms with Crippen molar-refractivity contribution in [3.05, 3.63) is 81.1 Å². The van der Waals surface area contributed by atoms with Gasteiger partial charge in [-0.2, -0.15) is 0 Å². The highest BCUT2D eigenvalue weighted by Crippen LogP contribution is 2.28. The molecule has 0 spiro atoms. The first kappa shape index (κ1) is 20.9. The SMILES string of the molecule is Cc1cccc(CCC(=O)Nc2ncc(Cc3c(F)c(F)c(F)c(F)c3F)s2)c1. The van der Waals surface area contributed by atoms with Crippen LogP contribution in [0.5, 0.6) is 0 Å². The molecule has 3 aromatic rings. The van der Waals surface area contributed by atoms with Crippen molar-refractivity contribution in [1.29, 1.82) is 0 Å². The molecule has 152 valence electrons. The van der Waals surface area contributed by atoms with Crippen molar-refractivity contribution in [3.63, 3.8) is 0 Å². The quantitative estimate of drug-likeness (QED) is 0.330. The number of carbonyl (C=O) groups excluding carboxylic acids is 1. The second-order valence-corrected chi connectivity index (χ2v) is 7.51. The monoisotopic (exact) mass is 426 g/mol. The average molecular weight is 426 g/mol. The Morgan fingerprint density at radius 2 is 1.69 bits per heavy atom. The van der Waals surface area contributed by atoms with E-state index in [4.69, 9.17) is 0 Å². The third kappa shape index (κ3) is 4.79. The lowest BCUT2D eigenvalue weighted by molar-refractivity contribution is -0.116. The van der Waals surface area contributed by atoms with Crippen LogP contribution in [0.25, 0.3) is 0 Å². The van der Waals surface area contributed by atoms with E-state index in [0.29, 0.717) is 6.42 Å². The van der Waals surface area contributed by atoms with Gasteiger partial charge in [-0.05, 0) is 18.9 Å². The van der Waals surface area contributed by atoms with E-state index in [0.717, 1.165) is 22.5 Å². The van der Waals surface area contributed by atoms with Crippen molar-refractivity contribution in [2.45, 2.75) is 26.2 Å². The molecular weight excluding hydrogens is 411 g/mol. The molecule has 3 rings (SSSR count). The first-order valence-electron chi connectivity index (χ1n) is 8.56. The highest BCUT2D eigenvalue weighted by Gasteiger charge is 2.26. The fraction of sp³-hybridized carbons (Fsp3) is 0.200. The minimum atomic E-state index is -2.20. The predicted octanol–water partition coefficient (Wildman–Crippen LogP) is 5.31. The molecule has 0 aliphatic carbocycles. The van der Waals surface area contributed by atoms with Crippen LogP contribution >= 0.6 is 11.3 Å². The van der Waals surface area contributed by atoms with Gasteiger partial charge in [0, 0.05) is 29.5 Å². The van der Waals surface area contributed by atoms with Gasteiger partial charge < -0.3 is 5.32 Å². The van der Waals surface area contributed by atoms with Crippen molar-refractivity contribution in [3.8, 4) is 0 Å². The first-order valence-corrected chi connectivity index (χ1v) is 9.38. The summed E-state index contributed by atoms with van der Waals surface area (Å²) in [6, 6.07) is 7.73. The molecule has 0 atom stereocenters. The number of benzene rings is 2. The summed E-state index contributed by atoms with van der Waals surface area (Å²) in [6.07, 6.45) is 1.41. The van der Waals surface area contributed by atoms with Crippen LogP contribution in [0.3, 0.4) is 0 Å². The molecule has 1 heterocycles. The molecule has 0 saturated carbocycles. The highest BCUT2D eigenvalue weighted by atomic mass is 32.1. The second kappa shape index (κ2) is 8.69. The standard InChI is InChI=1S/C20H15F5N2OS/c1-10-3-2-4-11(7-10)5-6-14(28)27-20-26-9-12(29-20)8-13-15(21)17(23)19(25)18(24)16(13)22/h2-4,7,9H,5-6,8H2,1H3,(H,26,27,28). The molecule has 0 unspecified atom stereocenters. The zero-order chi connectivity index (χ0) is 21.1. The number of hydrogen-bond donors (Lipinski definition) is 1. The molecule has 0 radical (unpaired) electrons. The van der Waals surface area contributed by atoms with Gasteiger partial charge in [-0.1, -0.05) is 29.8 Å². The van der Waals surface area contributed by atoms with Crippen LogP contribution in [0.1, 0.15) is 28.0 Å². The van der Waals surface area contributed by atoms with Gasteiger partial charge in [0.1, 0.15) is 0 Å². The second-order valence-electron chi connectivity index (χ2n) is 6.39. The number of rotatable bonds is 6. The molecule has 0 bridgehead atoms. The maximum atomic E-state index is 13.8. The van der Waals surface area contributed by atoms with Gasteiger partial charge in [0.15, 0.2) is 28.4 Å². The number of anilines is 1. The Kier molecular flexibility index (Phi) is 6.26. The largest absolute Gasteiger partial charge is 0.302 e. The third-order valence-electron chi connectivity index (χ3n) is 4.17. The summed E-state index contributed by atoms with van der Waals surface area (Å²) in [7, 11) is 0. The number of hydrogen-bond acceptors (Lipinski definition) is 3. The van der Waals surface area contributed by atoms with Gasteiger partial charge in [-0.3, -0.25) is 4.79 Å². The Bertz CT molecular complexity index is 1040. The first-order chi connectivity index (χ1) is 13.8. The molecule has 0 aliphatic rings. The Labute approximate surface area is 167 Å². The lowest BCUT2D eigenvalue weighted by atomic mass is 10.1. The topological polar surface area (TPSA) is 42.0 Å². The molecule has 0 saturated heterocycles. The van der Waals surface area contributed by atoms with Gasteiger partial charge in [0.25, 0.3) is 0 Å². The normalized spacial score (nSPS) is 11.0. The maximum Gasteiger partial charge on any atom is 0.226 e. The van der Waals surface area contributed by atoms with E-state index >= 15 is 0 Å². The maximum absolute atomic E-state index is 13.8. The molecule has 1 aromatic heterocycles. The molecule has 0 aliphatic heterocycles. The van der Waals surface area contributed by atoms with E-state index in [1.165, 1.54) is 6.20 Å². The molecule has 1 amide bonds. The summed E-state index contributed by atoms with van der Waals surface area (Å²) in [6.45, 7) is 1.95. The van der Waals surface area contributed by atoms with Gasteiger partial charge in [0.2, 0.25) is 11.7 Å². The molecular formula is C20H15F5N2OS. The van der Waals surface area contributed by atoms with Crippen LogP contribution in [0.2, 0.25) is 0 Å². The Morgan fingerprint density at radius 3 is 2.34 bits per heavy atom. The van der Waals surface area contributed by atoms with E-state index in [1.807, 2.05) is 31.2 Å². The van der Waals surface area contributed by atoms with E-state index in [1.54, 1.807) is 0 Å². The van der Waals surface area contributed by atoms with E-state index in [2.05, 4.69) is 10.3 Å². The van der Waals surface area contributed by atoms with Crippen LogP contribution in [-0.2, 0) is 17.6 Å². The number of aromatic nitrogens is 1. The zero-order valence-electron chi connectivity index (χ0n) is 15.2. The number of aryl methyl sites for hydroxylation is 2. The summed E-state index contributed by atoms with van der Waals surface area (Å²) in [5, 5.41) is 2.75. The Balaban J connectivity index is 1.65. The molecule has 0 fully saturated rings. The van der Waals surface area contributed by atoms with E-state index in [-0.39, 0.29) is 22.3 Å². The Morgan fingerprint density at radius 1 is 1.03 bits per heavy atom. The molecule has 3 nitrogen and oxygen atoms in total. The predicted molar refractivity (Wildman–Crippen MR) is 99.3 cm³/mol. The number of thiazole rings is 1. The van der Waals surface area contributed by atoms with E-state index < -0.39 is 41.1 Å². The van der Waals surface area contributed by atoms with Crippen molar-refractivity contribution < 1.29 is 26.7 Å². The fourth-order valence-electron chi connectivity index (χ4n) is 2.73. The van der Waals surface area contributed by atoms with E-state index in [9.17, 15) is 26.7 Å². The number of amides is 1.